The summed E-state index contributed by atoms with van der Waals surface area (Å²) in [4.78, 5) is 11.7. The van der Waals surface area contributed by atoms with Crippen molar-refractivity contribution in [3.63, 3.8) is 0 Å². The van der Waals surface area contributed by atoms with Crippen molar-refractivity contribution in [2.45, 2.75) is 27.3 Å². The lowest BCUT2D eigenvalue weighted by Gasteiger charge is -2.06. The van der Waals surface area contributed by atoms with Crippen LogP contribution in [0, 0.1) is 12.8 Å². The van der Waals surface area contributed by atoms with Crippen molar-refractivity contribution in [3.8, 4) is 0 Å². The van der Waals surface area contributed by atoms with Crippen molar-refractivity contribution in [1.82, 2.24) is 4.57 Å². The monoisotopic (exact) mass is 215 g/mol. The van der Waals surface area contributed by atoms with E-state index < -0.39 is 0 Å². The number of aryl methyl sites for hydroxylation is 1. The molecule has 0 aliphatic rings. The fraction of sp³-hybridized carbons (Fsp3) is 0.357. The van der Waals surface area contributed by atoms with Gasteiger partial charge in [-0.2, -0.15) is 0 Å². The van der Waals surface area contributed by atoms with E-state index in [1.54, 1.807) is 0 Å². The van der Waals surface area contributed by atoms with Gasteiger partial charge in [-0.05, 0) is 18.6 Å². The summed E-state index contributed by atoms with van der Waals surface area (Å²) in [7, 11) is 0. The number of hydrogen-bond acceptors (Lipinski definition) is 1. The highest BCUT2D eigenvalue weighted by Crippen LogP contribution is 2.20. The quantitative estimate of drug-likeness (QED) is 0.770. The first kappa shape index (κ1) is 10.9. The second kappa shape index (κ2) is 4.12. The zero-order valence-electron chi connectivity index (χ0n) is 10.0. The number of fused-ring (bicyclic) bond motifs is 1. The van der Waals surface area contributed by atoms with E-state index in [0.717, 1.165) is 5.52 Å². The third-order valence-electron chi connectivity index (χ3n) is 2.96. The molecule has 0 unspecified atom stereocenters. The van der Waals surface area contributed by atoms with Gasteiger partial charge in [0.25, 0.3) is 0 Å². The minimum atomic E-state index is 0.0986. The van der Waals surface area contributed by atoms with Crippen molar-refractivity contribution in [2.24, 2.45) is 5.92 Å². The van der Waals surface area contributed by atoms with Crippen LogP contribution in [0.4, 0.5) is 0 Å². The largest absolute Gasteiger partial charge is 0.340 e. The van der Waals surface area contributed by atoms with Crippen molar-refractivity contribution in [2.75, 3.05) is 0 Å². The van der Waals surface area contributed by atoms with Crippen LogP contribution in [0.3, 0.4) is 0 Å². The SMILES string of the molecule is Cc1cn(CC(=O)C(C)C)c2ccccc12. The summed E-state index contributed by atoms with van der Waals surface area (Å²) in [5.41, 5.74) is 2.38. The van der Waals surface area contributed by atoms with E-state index in [9.17, 15) is 4.79 Å². The number of ketones is 1. The van der Waals surface area contributed by atoms with Crippen LogP contribution in [-0.2, 0) is 11.3 Å². The molecule has 0 saturated heterocycles. The van der Waals surface area contributed by atoms with Crippen molar-refractivity contribution in [1.29, 1.82) is 0 Å². The average molecular weight is 215 g/mol. The molecule has 16 heavy (non-hydrogen) atoms. The van der Waals surface area contributed by atoms with E-state index in [1.165, 1.54) is 10.9 Å². The van der Waals surface area contributed by atoms with Gasteiger partial charge >= 0.3 is 0 Å². The number of nitrogens with zero attached hydrogens (tertiary/aromatic N) is 1. The topological polar surface area (TPSA) is 22.0 Å². The van der Waals surface area contributed by atoms with Gasteiger partial charge < -0.3 is 4.57 Å². The number of para-hydroxylation sites is 1. The Labute approximate surface area is 95.9 Å². The fourth-order valence-corrected chi connectivity index (χ4v) is 1.91. The molecule has 1 heterocycles. The zero-order chi connectivity index (χ0) is 11.7. The highest BCUT2D eigenvalue weighted by molar-refractivity contribution is 5.86. The predicted molar refractivity (Wildman–Crippen MR) is 66.5 cm³/mol. The van der Waals surface area contributed by atoms with Crippen molar-refractivity contribution >= 4 is 16.7 Å². The zero-order valence-corrected chi connectivity index (χ0v) is 10.0. The van der Waals surface area contributed by atoms with Crippen LogP contribution in [-0.4, -0.2) is 10.4 Å². The molecule has 1 aromatic heterocycles. The van der Waals surface area contributed by atoms with Gasteiger partial charge in [0.2, 0.25) is 0 Å². The Morgan fingerprint density at radius 2 is 2.00 bits per heavy atom. The molecule has 2 nitrogen and oxygen atoms in total. The summed E-state index contributed by atoms with van der Waals surface area (Å²) in [6, 6.07) is 8.21. The lowest BCUT2D eigenvalue weighted by molar-refractivity contribution is -0.122. The summed E-state index contributed by atoms with van der Waals surface area (Å²) in [6.45, 7) is 6.45. The molecule has 0 radical (unpaired) electrons. The van der Waals surface area contributed by atoms with E-state index >= 15 is 0 Å². The van der Waals surface area contributed by atoms with E-state index in [4.69, 9.17) is 0 Å². The molecule has 2 aromatic rings. The Kier molecular flexibility index (Phi) is 2.82. The van der Waals surface area contributed by atoms with Crippen molar-refractivity contribution in [3.05, 3.63) is 36.0 Å². The summed E-state index contributed by atoms with van der Waals surface area (Å²) in [6.07, 6.45) is 2.06. The molecule has 0 fully saturated rings. The molecule has 2 heteroatoms. The molecule has 2 rings (SSSR count). The Hall–Kier alpha value is -1.57. The first-order valence-corrected chi connectivity index (χ1v) is 5.67. The van der Waals surface area contributed by atoms with E-state index in [1.807, 2.05) is 30.5 Å². The molecule has 0 bridgehead atoms. The normalized spacial score (nSPS) is 11.2. The van der Waals surface area contributed by atoms with Gasteiger partial charge in [0, 0.05) is 23.0 Å². The van der Waals surface area contributed by atoms with Gasteiger partial charge in [-0.15, -0.1) is 0 Å². The second-order valence-electron chi connectivity index (χ2n) is 4.58. The van der Waals surface area contributed by atoms with Gasteiger partial charge in [0.1, 0.15) is 0 Å². The van der Waals surface area contributed by atoms with Crippen LogP contribution in [0.2, 0.25) is 0 Å². The summed E-state index contributed by atoms with van der Waals surface area (Å²) < 4.78 is 2.05. The standard InChI is InChI=1S/C14H17NO/c1-10(2)14(16)9-15-8-11(3)12-6-4-5-7-13(12)15/h4-8,10H,9H2,1-3H3. The molecule has 0 amide bonds. The number of benzene rings is 1. The molecule has 0 N–H and O–H groups in total. The van der Waals surface area contributed by atoms with E-state index in [-0.39, 0.29) is 11.7 Å². The molecule has 0 atom stereocenters. The Morgan fingerprint density at radius 3 is 2.69 bits per heavy atom. The van der Waals surface area contributed by atoms with Crippen LogP contribution in [0.15, 0.2) is 30.5 Å². The highest BCUT2D eigenvalue weighted by atomic mass is 16.1. The number of carbonyl (C=O) groups excluding carboxylic acids is 1. The minimum Gasteiger partial charge on any atom is -0.340 e. The van der Waals surface area contributed by atoms with Gasteiger partial charge in [-0.3, -0.25) is 4.79 Å². The van der Waals surface area contributed by atoms with Gasteiger partial charge in [-0.25, -0.2) is 0 Å². The molecule has 0 aliphatic heterocycles. The van der Waals surface area contributed by atoms with Gasteiger partial charge in [0.15, 0.2) is 5.78 Å². The number of hydrogen-bond donors (Lipinski definition) is 0. The average Bonchev–Trinajstić information content (AvgIpc) is 2.57. The molecule has 1 aromatic carbocycles. The third kappa shape index (κ3) is 1.87. The molecule has 0 spiro atoms. The smallest absolute Gasteiger partial charge is 0.155 e. The second-order valence-corrected chi connectivity index (χ2v) is 4.58. The number of rotatable bonds is 3. The maximum Gasteiger partial charge on any atom is 0.155 e. The molecule has 0 aliphatic carbocycles. The Morgan fingerprint density at radius 1 is 1.31 bits per heavy atom. The van der Waals surface area contributed by atoms with Crippen LogP contribution < -0.4 is 0 Å². The third-order valence-corrected chi connectivity index (χ3v) is 2.96. The Balaban J connectivity index is 2.42. The number of carbonyl (C=O) groups is 1. The Bertz CT molecular complexity index is 523. The molecule has 84 valence electrons. The fourth-order valence-electron chi connectivity index (χ4n) is 1.91. The summed E-state index contributed by atoms with van der Waals surface area (Å²) >= 11 is 0. The maximum atomic E-state index is 11.7. The van der Waals surface area contributed by atoms with Gasteiger partial charge in [-0.1, -0.05) is 32.0 Å². The van der Waals surface area contributed by atoms with E-state index in [0.29, 0.717) is 6.54 Å². The molecule has 0 saturated carbocycles. The maximum absolute atomic E-state index is 11.7. The summed E-state index contributed by atoms with van der Waals surface area (Å²) in [5, 5.41) is 1.24. The van der Waals surface area contributed by atoms with Crippen LogP contribution in [0.5, 0.6) is 0 Å². The summed E-state index contributed by atoms with van der Waals surface area (Å²) in [5.74, 6) is 0.377. The van der Waals surface area contributed by atoms with Crippen molar-refractivity contribution < 1.29 is 4.79 Å². The lowest BCUT2D eigenvalue weighted by Crippen LogP contribution is -2.14. The predicted octanol–water partition coefficient (Wildman–Crippen LogP) is 3.17. The van der Waals surface area contributed by atoms with Gasteiger partial charge in [0.05, 0.1) is 6.54 Å². The molecular formula is C14H17NO. The van der Waals surface area contributed by atoms with Crippen LogP contribution in [0.25, 0.3) is 10.9 Å². The number of aromatic nitrogens is 1. The first-order chi connectivity index (χ1) is 7.59. The minimum absolute atomic E-state index is 0.0986. The number of Topliss-reactive ketones (excluding diaryl/α,β-unsaturated/α-hetero) is 1. The lowest BCUT2D eigenvalue weighted by atomic mass is 10.1. The van der Waals surface area contributed by atoms with Crippen LogP contribution >= 0.6 is 0 Å². The first-order valence-electron chi connectivity index (χ1n) is 5.67. The molecular weight excluding hydrogens is 198 g/mol. The highest BCUT2D eigenvalue weighted by Gasteiger charge is 2.10. The van der Waals surface area contributed by atoms with E-state index in [2.05, 4.69) is 25.3 Å². The van der Waals surface area contributed by atoms with Crippen LogP contribution in [0.1, 0.15) is 19.4 Å².